The summed E-state index contributed by atoms with van der Waals surface area (Å²) >= 11 is 0. The topological polar surface area (TPSA) is 40.4 Å². The van der Waals surface area contributed by atoms with Crippen molar-refractivity contribution in [2.24, 2.45) is 11.8 Å². The van der Waals surface area contributed by atoms with E-state index in [1.54, 1.807) is 0 Å². The van der Waals surface area contributed by atoms with Crippen LogP contribution in [0.2, 0.25) is 0 Å². The molecule has 0 radical (unpaired) electrons. The second-order valence-corrected chi connectivity index (χ2v) is 14.3. The van der Waals surface area contributed by atoms with E-state index in [1.807, 2.05) is 0 Å². The Morgan fingerprint density at radius 1 is 0.558 bits per heavy atom. The minimum atomic E-state index is -0.116. The number of nitrogens with one attached hydrogen (secondary N) is 2. The molecule has 4 nitrogen and oxygen atoms in total. The smallest absolute Gasteiger partial charge is 0.136 e. The van der Waals surface area contributed by atoms with E-state index in [2.05, 4.69) is 199 Å². The predicted octanol–water partition coefficient (Wildman–Crippen LogP) is 11.2. The van der Waals surface area contributed by atoms with Gasteiger partial charge in [-0.3, -0.25) is 15.5 Å². The summed E-state index contributed by atoms with van der Waals surface area (Å²) in [5, 5.41) is 12.8. The van der Waals surface area contributed by atoms with Gasteiger partial charge in [-0.1, -0.05) is 146 Å². The number of furan rings is 1. The van der Waals surface area contributed by atoms with Crippen LogP contribution >= 0.6 is 0 Å². The van der Waals surface area contributed by atoms with Crippen molar-refractivity contribution < 1.29 is 4.42 Å². The monoisotopic (exact) mass is 673 g/mol. The molecule has 10 rings (SSSR count). The van der Waals surface area contributed by atoms with Gasteiger partial charge in [0, 0.05) is 22.6 Å². The van der Waals surface area contributed by atoms with Crippen LogP contribution in [0.5, 0.6) is 0 Å². The maximum atomic E-state index is 6.67. The highest BCUT2D eigenvalue weighted by Gasteiger charge is 2.36. The average molecular weight is 674 g/mol. The first kappa shape index (κ1) is 31.0. The van der Waals surface area contributed by atoms with Gasteiger partial charge in [0.1, 0.15) is 11.2 Å². The maximum absolute atomic E-state index is 6.67. The van der Waals surface area contributed by atoms with Crippen molar-refractivity contribution in [3.63, 3.8) is 0 Å². The highest BCUT2D eigenvalue weighted by molar-refractivity contribution is 6.11. The Kier molecular flexibility index (Phi) is 7.61. The zero-order valence-electron chi connectivity index (χ0n) is 29.0. The lowest BCUT2D eigenvalue weighted by molar-refractivity contribution is 0.0416. The summed E-state index contributed by atoms with van der Waals surface area (Å²) in [6.07, 6.45) is 15.6. The highest BCUT2D eigenvalue weighted by atomic mass is 16.3. The molecule has 1 aliphatic heterocycles. The van der Waals surface area contributed by atoms with E-state index in [-0.39, 0.29) is 24.4 Å². The summed E-state index contributed by atoms with van der Waals surface area (Å²) in [7, 11) is 2.22. The third-order valence-corrected chi connectivity index (χ3v) is 11.2. The molecule has 2 heterocycles. The van der Waals surface area contributed by atoms with Gasteiger partial charge >= 0.3 is 0 Å². The molecule has 52 heavy (non-hydrogen) atoms. The van der Waals surface area contributed by atoms with Gasteiger partial charge < -0.3 is 4.42 Å². The summed E-state index contributed by atoms with van der Waals surface area (Å²) in [6.45, 7) is 0. The fraction of sp³-hybridized carbons (Fsp3) is 0.125. The van der Waals surface area contributed by atoms with Crippen LogP contribution in [0.15, 0.2) is 180 Å². The molecule has 5 atom stereocenters. The van der Waals surface area contributed by atoms with Crippen LogP contribution in [0, 0.1) is 11.8 Å². The van der Waals surface area contributed by atoms with Crippen molar-refractivity contribution in [2.45, 2.75) is 18.5 Å². The first-order valence-electron chi connectivity index (χ1n) is 18.2. The third kappa shape index (κ3) is 5.35. The lowest BCUT2D eigenvalue weighted by atomic mass is 9.76. The van der Waals surface area contributed by atoms with E-state index in [4.69, 9.17) is 4.42 Å². The van der Waals surface area contributed by atoms with Crippen LogP contribution in [0.4, 0.5) is 0 Å². The Morgan fingerprint density at radius 3 is 2.19 bits per heavy atom. The molecular weight excluding hydrogens is 635 g/mol. The number of rotatable bonds is 5. The molecule has 1 saturated heterocycles. The number of fused-ring (bicyclic) bond motifs is 5. The van der Waals surface area contributed by atoms with E-state index in [1.165, 1.54) is 55.1 Å². The fourth-order valence-corrected chi connectivity index (χ4v) is 8.55. The number of allylic oxidation sites excluding steroid dienone is 8. The lowest BCUT2D eigenvalue weighted by Gasteiger charge is -2.46. The Labute approximate surface area is 304 Å². The molecule has 0 saturated carbocycles. The van der Waals surface area contributed by atoms with Crippen LogP contribution in [0.3, 0.4) is 0 Å². The first-order chi connectivity index (χ1) is 25.7. The van der Waals surface area contributed by atoms with Crippen molar-refractivity contribution in [1.82, 2.24) is 15.5 Å². The molecule has 2 N–H and O–H groups in total. The summed E-state index contributed by atoms with van der Waals surface area (Å²) in [5.41, 5.74) is 10.4. The summed E-state index contributed by atoms with van der Waals surface area (Å²) < 4.78 is 6.67. The van der Waals surface area contributed by atoms with Gasteiger partial charge in [-0.25, -0.2) is 0 Å². The fourth-order valence-electron chi connectivity index (χ4n) is 8.55. The second kappa shape index (κ2) is 12.8. The zero-order valence-corrected chi connectivity index (χ0v) is 29.0. The quantitative estimate of drug-likeness (QED) is 0.191. The Bertz CT molecular complexity index is 2590. The summed E-state index contributed by atoms with van der Waals surface area (Å²) in [4.78, 5) is 2.42. The van der Waals surface area contributed by atoms with E-state index >= 15 is 0 Å². The van der Waals surface area contributed by atoms with Crippen LogP contribution in [0.1, 0.15) is 40.8 Å². The molecule has 2 aliphatic carbocycles. The molecule has 0 bridgehead atoms. The third-order valence-electron chi connectivity index (χ3n) is 11.2. The zero-order chi connectivity index (χ0) is 34.6. The molecule has 3 aliphatic rings. The SMILES string of the molecule is CN1C(c2cccc(-c3ccc4ccccc4c3)c2)NC(c2ccccc2)NC1c1cc(C2=CC=CC3C=CC=CC23)c2c(c1)oc1ccccc12. The number of nitrogens with zero attached hydrogens (tertiary/aromatic N) is 1. The molecule has 252 valence electrons. The average Bonchev–Trinajstić information content (AvgIpc) is 3.59. The van der Waals surface area contributed by atoms with Gasteiger partial charge in [0.05, 0.1) is 18.5 Å². The Hall–Kier alpha value is -5.78. The number of para-hydroxylation sites is 1. The van der Waals surface area contributed by atoms with Crippen molar-refractivity contribution in [3.8, 4) is 11.1 Å². The minimum absolute atomic E-state index is 0.0701. The van der Waals surface area contributed by atoms with Gasteiger partial charge in [-0.2, -0.15) is 0 Å². The molecule has 1 fully saturated rings. The molecule has 0 spiro atoms. The number of benzene rings is 6. The van der Waals surface area contributed by atoms with Crippen molar-refractivity contribution in [2.75, 3.05) is 7.05 Å². The molecule has 0 amide bonds. The standard InChI is InChI=1S/C48H39N3O/c1-51-47(37-20-11-19-35(28-37)36-26-25-31-13-5-6-17-34(31)27-36)49-46(33-15-3-2-4-16-33)50-48(51)38-29-42(40-23-12-18-32-14-7-8-21-39(32)40)45-41-22-9-10-24-43(41)52-44(45)30-38/h2-30,32,39,46-50H,1H3. The van der Waals surface area contributed by atoms with Crippen molar-refractivity contribution in [1.29, 1.82) is 0 Å². The van der Waals surface area contributed by atoms with Crippen molar-refractivity contribution >= 4 is 38.3 Å². The maximum Gasteiger partial charge on any atom is 0.136 e. The normalized spacial score (nSPS) is 22.9. The molecular formula is C48H39N3O. The molecule has 7 aromatic rings. The van der Waals surface area contributed by atoms with Crippen LogP contribution in [-0.2, 0) is 0 Å². The van der Waals surface area contributed by atoms with E-state index in [9.17, 15) is 0 Å². The minimum Gasteiger partial charge on any atom is -0.456 e. The lowest BCUT2D eigenvalue weighted by Crippen LogP contribution is -2.54. The largest absolute Gasteiger partial charge is 0.456 e. The molecule has 4 heteroatoms. The van der Waals surface area contributed by atoms with Crippen LogP contribution in [0.25, 0.3) is 49.4 Å². The number of hydrogen-bond donors (Lipinski definition) is 2. The van der Waals surface area contributed by atoms with Gasteiger partial charge in [-0.15, -0.1) is 0 Å². The predicted molar refractivity (Wildman–Crippen MR) is 214 cm³/mol. The second-order valence-electron chi connectivity index (χ2n) is 14.3. The molecule has 1 aromatic heterocycles. The Morgan fingerprint density at radius 2 is 1.29 bits per heavy atom. The van der Waals surface area contributed by atoms with Crippen molar-refractivity contribution in [3.05, 3.63) is 198 Å². The van der Waals surface area contributed by atoms with Crippen LogP contribution < -0.4 is 10.6 Å². The van der Waals surface area contributed by atoms with E-state index in [0.29, 0.717) is 5.92 Å². The Balaban J connectivity index is 1.11. The number of hydrogen-bond acceptors (Lipinski definition) is 4. The molecule has 5 unspecified atom stereocenters. The molecule has 6 aromatic carbocycles. The summed E-state index contributed by atoms with van der Waals surface area (Å²) in [6, 6.07) is 48.2. The van der Waals surface area contributed by atoms with Crippen LogP contribution in [-0.4, -0.2) is 11.9 Å². The van der Waals surface area contributed by atoms with Gasteiger partial charge in [0.25, 0.3) is 0 Å². The summed E-state index contributed by atoms with van der Waals surface area (Å²) in [5.74, 6) is 0.603. The van der Waals surface area contributed by atoms with Gasteiger partial charge in [0.2, 0.25) is 0 Å². The highest BCUT2D eigenvalue weighted by Crippen LogP contribution is 2.45. The van der Waals surface area contributed by atoms with Gasteiger partial charge in [-0.05, 0) is 87.1 Å². The van der Waals surface area contributed by atoms with Gasteiger partial charge in [0.15, 0.2) is 0 Å². The first-order valence-corrected chi connectivity index (χ1v) is 18.2. The van der Waals surface area contributed by atoms with E-state index < -0.39 is 0 Å². The van der Waals surface area contributed by atoms with E-state index in [0.717, 1.165) is 16.6 Å².